The van der Waals surface area contributed by atoms with E-state index >= 15 is 0 Å². The number of aromatic nitrogens is 1. The number of halogens is 2. The molecule has 0 bridgehead atoms. The van der Waals surface area contributed by atoms with E-state index in [4.69, 9.17) is 23.2 Å². The van der Waals surface area contributed by atoms with Crippen LogP contribution in [0.5, 0.6) is 0 Å². The SMILES string of the molecule is CC1C(=O)C(C)(C)C1=N[C@@H](Cc1ccc(NC(=O)c2c(Cl)cncc2Cl)cc1)C(=O)O. The van der Waals surface area contributed by atoms with E-state index in [1.54, 1.807) is 45.0 Å². The molecule has 1 amide bonds. The van der Waals surface area contributed by atoms with Gasteiger partial charge in [0.1, 0.15) is 0 Å². The number of aliphatic imine (C=N–C) groups is 1. The van der Waals surface area contributed by atoms with Crippen molar-refractivity contribution in [3.05, 3.63) is 57.8 Å². The van der Waals surface area contributed by atoms with Gasteiger partial charge in [-0.2, -0.15) is 0 Å². The third kappa shape index (κ3) is 4.62. The van der Waals surface area contributed by atoms with Crippen LogP contribution < -0.4 is 5.32 Å². The fraction of sp³-hybridized carbons (Fsp3) is 0.318. The van der Waals surface area contributed by atoms with Gasteiger partial charge < -0.3 is 10.4 Å². The molecule has 9 heteroatoms. The van der Waals surface area contributed by atoms with Gasteiger partial charge in [-0.3, -0.25) is 19.6 Å². The zero-order valence-electron chi connectivity index (χ0n) is 17.1. The maximum atomic E-state index is 12.5. The largest absolute Gasteiger partial charge is 0.480 e. The number of aliphatic carboxylic acids is 1. The molecule has 1 fully saturated rings. The lowest BCUT2D eigenvalue weighted by Gasteiger charge is -2.41. The van der Waals surface area contributed by atoms with Crippen molar-refractivity contribution in [2.45, 2.75) is 33.2 Å². The maximum Gasteiger partial charge on any atom is 0.328 e. The number of nitrogens with one attached hydrogen (secondary N) is 1. The highest BCUT2D eigenvalue weighted by Crippen LogP contribution is 2.38. The summed E-state index contributed by atoms with van der Waals surface area (Å²) in [4.78, 5) is 44.4. The monoisotopic (exact) mass is 461 g/mol. The average Bonchev–Trinajstić information content (AvgIpc) is 2.71. The molecule has 1 aliphatic carbocycles. The Morgan fingerprint density at radius 2 is 1.77 bits per heavy atom. The molecule has 1 unspecified atom stereocenters. The third-order valence-electron chi connectivity index (χ3n) is 5.36. The highest BCUT2D eigenvalue weighted by atomic mass is 35.5. The average molecular weight is 462 g/mol. The second-order valence-corrected chi connectivity index (χ2v) is 8.73. The Balaban J connectivity index is 1.73. The molecule has 1 aromatic heterocycles. The molecule has 0 saturated heterocycles. The summed E-state index contributed by atoms with van der Waals surface area (Å²) in [6, 6.07) is 5.73. The molecule has 31 heavy (non-hydrogen) atoms. The molecule has 2 atom stereocenters. The molecule has 1 heterocycles. The summed E-state index contributed by atoms with van der Waals surface area (Å²) in [6.45, 7) is 5.25. The van der Waals surface area contributed by atoms with Crippen LogP contribution in [-0.4, -0.2) is 39.5 Å². The summed E-state index contributed by atoms with van der Waals surface area (Å²) in [5, 5.41) is 12.6. The molecule has 0 radical (unpaired) electrons. The van der Waals surface area contributed by atoms with Crippen LogP contribution in [-0.2, 0) is 16.0 Å². The van der Waals surface area contributed by atoms with Gasteiger partial charge in [-0.05, 0) is 31.5 Å². The van der Waals surface area contributed by atoms with E-state index in [-0.39, 0.29) is 33.7 Å². The summed E-state index contributed by atoms with van der Waals surface area (Å²) >= 11 is 12.0. The number of amides is 1. The summed E-state index contributed by atoms with van der Waals surface area (Å²) in [5.41, 5.74) is 1.23. The molecule has 7 nitrogen and oxygen atoms in total. The summed E-state index contributed by atoms with van der Waals surface area (Å²) in [5.74, 6) is -1.84. The van der Waals surface area contributed by atoms with Gasteiger partial charge in [0.15, 0.2) is 11.8 Å². The van der Waals surface area contributed by atoms with Crippen molar-refractivity contribution in [3.63, 3.8) is 0 Å². The van der Waals surface area contributed by atoms with Crippen molar-refractivity contribution >= 4 is 52.3 Å². The zero-order chi connectivity index (χ0) is 22.9. The molecule has 1 aromatic carbocycles. The molecule has 0 aliphatic heterocycles. The van der Waals surface area contributed by atoms with Crippen molar-refractivity contribution in [1.29, 1.82) is 0 Å². The quantitative estimate of drug-likeness (QED) is 0.665. The topological polar surface area (TPSA) is 109 Å². The fourth-order valence-corrected chi connectivity index (χ4v) is 4.19. The molecular formula is C22H21Cl2N3O4. The van der Waals surface area contributed by atoms with Gasteiger partial charge in [0, 0.05) is 30.2 Å². The highest BCUT2D eigenvalue weighted by molar-refractivity contribution is 6.40. The molecule has 2 aromatic rings. The molecule has 1 saturated carbocycles. The third-order valence-corrected chi connectivity index (χ3v) is 5.93. The summed E-state index contributed by atoms with van der Waals surface area (Å²) in [6.07, 6.45) is 2.82. The van der Waals surface area contributed by atoms with Crippen LogP contribution in [0.15, 0.2) is 41.7 Å². The Hall–Kier alpha value is -2.77. The van der Waals surface area contributed by atoms with Crippen molar-refractivity contribution in [3.8, 4) is 0 Å². The Kier molecular flexibility index (Phi) is 6.48. The number of carbonyl (C=O) groups excluding carboxylic acids is 2. The zero-order valence-corrected chi connectivity index (χ0v) is 18.7. The molecule has 0 spiro atoms. The van der Waals surface area contributed by atoms with Gasteiger partial charge in [0.2, 0.25) is 0 Å². The van der Waals surface area contributed by atoms with Crippen molar-refractivity contribution in [1.82, 2.24) is 4.98 Å². The number of anilines is 1. The Bertz CT molecular complexity index is 1060. The first-order valence-electron chi connectivity index (χ1n) is 9.57. The van der Waals surface area contributed by atoms with E-state index in [0.29, 0.717) is 11.4 Å². The lowest BCUT2D eigenvalue weighted by atomic mass is 9.62. The van der Waals surface area contributed by atoms with Crippen molar-refractivity contribution in [2.75, 3.05) is 5.32 Å². The smallest absolute Gasteiger partial charge is 0.328 e. The van der Waals surface area contributed by atoms with E-state index in [0.717, 1.165) is 5.56 Å². The number of benzene rings is 1. The lowest BCUT2D eigenvalue weighted by Crippen LogP contribution is -2.54. The molecule has 162 valence electrons. The van der Waals surface area contributed by atoms with Gasteiger partial charge in [0.25, 0.3) is 5.91 Å². The van der Waals surface area contributed by atoms with E-state index in [2.05, 4.69) is 15.3 Å². The van der Waals surface area contributed by atoms with Crippen LogP contribution in [0.4, 0.5) is 5.69 Å². The van der Waals surface area contributed by atoms with Crippen LogP contribution >= 0.6 is 23.2 Å². The number of pyridine rings is 1. The Morgan fingerprint density at radius 1 is 1.19 bits per heavy atom. The number of carboxylic acids is 1. The predicted octanol–water partition coefficient (Wildman–Crippen LogP) is 4.32. The van der Waals surface area contributed by atoms with E-state index in [9.17, 15) is 19.5 Å². The van der Waals surface area contributed by atoms with Gasteiger partial charge in [-0.1, -0.05) is 42.3 Å². The highest BCUT2D eigenvalue weighted by Gasteiger charge is 2.50. The molecule has 1 aliphatic rings. The number of ketones is 1. The number of rotatable bonds is 6. The van der Waals surface area contributed by atoms with Gasteiger partial charge in [-0.15, -0.1) is 0 Å². The summed E-state index contributed by atoms with van der Waals surface area (Å²) < 4.78 is 0. The summed E-state index contributed by atoms with van der Waals surface area (Å²) in [7, 11) is 0. The minimum absolute atomic E-state index is 0.0601. The minimum atomic E-state index is -1.06. The normalized spacial score (nSPS) is 19.6. The van der Waals surface area contributed by atoms with E-state index in [1.807, 2.05) is 0 Å². The second kappa shape index (κ2) is 8.77. The molecular weight excluding hydrogens is 441 g/mol. The number of hydrogen-bond acceptors (Lipinski definition) is 5. The standard InChI is InChI=1S/C22H21Cl2N3O4/c1-11-18(22(2,3)19(11)28)27-16(21(30)31)8-12-4-6-13(7-5-12)26-20(29)17-14(23)9-25-10-15(17)24/h4-7,9-11,16H,8H2,1-3H3,(H,26,29)(H,30,31)/t11?,16-/m0/s1. The first-order valence-corrected chi connectivity index (χ1v) is 10.3. The molecule has 3 rings (SSSR count). The first kappa shape index (κ1) is 22.9. The maximum absolute atomic E-state index is 12.5. The first-order chi connectivity index (χ1) is 14.5. The Labute approximate surface area is 189 Å². The fourth-order valence-electron chi connectivity index (χ4n) is 3.65. The van der Waals surface area contributed by atoms with Crippen molar-refractivity contribution in [2.24, 2.45) is 16.3 Å². The van der Waals surface area contributed by atoms with Crippen molar-refractivity contribution < 1.29 is 19.5 Å². The van der Waals surface area contributed by atoms with Gasteiger partial charge >= 0.3 is 5.97 Å². The lowest BCUT2D eigenvalue weighted by molar-refractivity contribution is -0.138. The number of carbonyl (C=O) groups is 3. The second-order valence-electron chi connectivity index (χ2n) is 7.91. The van der Waals surface area contributed by atoms with Crippen LogP contribution in [0.1, 0.15) is 36.7 Å². The van der Waals surface area contributed by atoms with Gasteiger partial charge in [0.05, 0.1) is 26.9 Å². The number of carboxylic acid groups (broad SMARTS) is 1. The van der Waals surface area contributed by atoms with Crippen LogP contribution in [0, 0.1) is 11.3 Å². The number of nitrogens with zero attached hydrogens (tertiary/aromatic N) is 2. The van der Waals surface area contributed by atoms with Gasteiger partial charge in [-0.25, -0.2) is 4.79 Å². The van der Waals surface area contributed by atoms with Crippen LogP contribution in [0.25, 0.3) is 0 Å². The Morgan fingerprint density at radius 3 is 2.29 bits per heavy atom. The van der Waals surface area contributed by atoms with Crippen LogP contribution in [0.2, 0.25) is 10.0 Å². The van der Waals surface area contributed by atoms with E-state index in [1.165, 1.54) is 12.4 Å². The van der Waals surface area contributed by atoms with E-state index < -0.39 is 23.3 Å². The number of Topliss-reactive ketones (excluding diaryl/α,β-unsaturated/α-hetero) is 1. The molecule has 2 N–H and O–H groups in total. The predicted molar refractivity (Wildman–Crippen MR) is 119 cm³/mol. The van der Waals surface area contributed by atoms with Crippen LogP contribution in [0.3, 0.4) is 0 Å². The minimum Gasteiger partial charge on any atom is -0.480 e. The number of hydrogen-bond donors (Lipinski definition) is 2.